The highest BCUT2D eigenvalue weighted by Crippen LogP contribution is 2.28. The first kappa shape index (κ1) is 35.4. The number of nitrogens with zero attached hydrogens (tertiary/aromatic N) is 1. The number of hydrogen-bond donors (Lipinski definition) is 5. The van der Waals surface area contributed by atoms with Gasteiger partial charge in [0.25, 0.3) is 5.91 Å². The predicted octanol–water partition coefficient (Wildman–Crippen LogP) is 3.65. The van der Waals surface area contributed by atoms with E-state index in [4.69, 9.17) is 11.6 Å². The molecular formula is C33H40ClN5O5S. The third kappa shape index (κ3) is 10.8. The van der Waals surface area contributed by atoms with Crippen LogP contribution in [-0.2, 0) is 25.6 Å². The predicted molar refractivity (Wildman–Crippen MR) is 180 cm³/mol. The van der Waals surface area contributed by atoms with Gasteiger partial charge in [-0.15, -0.1) is 0 Å². The lowest BCUT2D eigenvalue weighted by Gasteiger charge is -2.09. The topological polar surface area (TPSA) is 138 Å². The zero-order chi connectivity index (χ0) is 32.9. The van der Waals surface area contributed by atoms with Crippen LogP contribution in [0.3, 0.4) is 0 Å². The molecule has 10 nitrogen and oxygen atoms in total. The van der Waals surface area contributed by atoms with E-state index in [-0.39, 0.29) is 61.2 Å². The van der Waals surface area contributed by atoms with E-state index in [0.29, 0.717) is 54.2 Å². The summed E-state index contributed by atoms with van der Waals surface area (Å²) in [5, 5.41) is 12.3. The molecule has 1 aromatic heterocycles. The lowest BCUT2D eigenvalue weighted by atomic mass is 10.1. The maximum Gasteiger partial charge on any atom is 0.262 e. The Balaban J connectivity index is 1.40. The van der Waals surface area contributed by atoms with Crippen LogP contribution in [0.1, 0.15) is 52.9 Å². The SMILES string of the molecule is C=C(CCC(=O)NCC(=O)NCCCCNC(=O)Cc1c(C)n(C(=O)c2ccc(Cl)cc2)c2ccc(C)cc12)CNC(=O)CS. The molecule has 0 aliphatic rings. The number of thiol groups is 1. The highest BCUT2D eigenvalue weighted by molar-refractivity contribution is 7.81. The van der Waals surface area contributed by atoms with Crippen molar-refractivity contribution in [3.05, 3.63) is 82.0 Å². The van der Waals surface area contributed by atoms with Crippen LogP contribution >= 0.6 is 24.2 Å². The number of fused-ring (bicyclic) bond motifs is 1. The van der Waals surface area contributed by atoms with E-state index in [1.165, 1.54) is 0 Å². The summed E-state index contributed by atoms with van der Waals surface area (Å²) in [5.41, 5.74) is 4.49. The summed E-state index contributed by atoms with van der Waals surface area (Å²) in [5.74, 6) is -1.06. The monoisotopic (exact) mass is 653 g/mol. The molecule has 0 aliphatic carbocycles. The minimum absolute atomic E-state index is 0.0842. The van der Waals surface area contributed by atoms with E-state index < -0.39 is 0 Å². The van der Waals surface area contributed by atoms with Gasteiger partial charge in [-0.2, -0.15) is 12.6 Å². The van der Waals surface area contributed by atoms with Crippen molar-refractivity contribution >= 4 is 64.7 Å². The van der Waals surface area contributed by atoms with Crippen LogP contribution in [0.15, 0.2) is 54.6 Å². The highest BCUT2D eigenvalue weighted by atomic mass is 35.5. The molecule has 3 rings (SSSR count). The quantitative estimate of drug-likeness (QED) is 0.0913. The second-order valence-electron chi connectivity index (χ2n) is 10.8. The zero-order valence-electron chi connectivity index (χ0n) is 25.6. The van der Waals surface area contributed by atoms with Crippen molar-refractivity contribution in [2.45, 2.75) is 46.0 Å². The van der Waals surface area contributed by atoms with Crippen molar-refractivity contribution < 1.29 is 24.0 Å². The van der Waals surface area contributed by atoms with Crippen LogP contribution < -0.4 is 21.3 Å². The number of amides is 4. The number of hydrogen-bond acceptors (Lipinski definition) is 6. The number of rotatable bonds is 16. The van der Waals surface area contributed by atoms with Gasteiger partial charge in [0.1, 0.15) is 0 Å². The van der Waals surface area contributed by atoms with Crippen LogP contribution in [0.5, 0.6) is 0 Å². The number of aromatic nitrogens is 1. The molecule has 0 atom stereocenters. The number of aryl methyl sites for hydroxylation is 1. The fraction of sp³-hybridized carbons (Fsp3) is 0.364. The minimum atomic E-state index is -0.303. The average molecular weight is 654 g/mol. The van der Waals surface area contributed by atoms with Gasteiger partial charge in [0.05, 0.1) is 24.2 Å². The second-order valence-corrected chi connectivity index (χ2v) is 11.5. The van der Waals surface area contributed by atoms with Crippen molar-refractivity contribution in [2.75, 3.05) is 31.9 Å². The van der Waals surface area contributed by atoms with Crippen molar-refractivity contribution in [3.8, 4) is 0 Å². The highest BCUT2D eigenvalue weighted by Gasteiger charge is 2.21. The van der Waals surface area contributed by atoms with Crippen molar-refractivity contribution in [2.24, 2.45) is 0 Å². The summed E-state index contributed by atoms with van der Waals surface area (Å²) in [7, 11) is 0. The molecule has 0 bridgehead atoms. The molecule has 240 valence electrons. The Kier molecular flexibility index (Phi) is 13.7. The summed E-state index contributed by atoms with van der Waals surface area (Å²) >= 11 is 9.88. The zero-order valence-corrected chi connectivity index (χ0v) is 27.3. The molecule has 4 amide bonds. The molecular weight excluding hydrogens is 614 g/mol. The number of carbonyl (C=O) groups is 5. The fourth-order valence-electron chi connectivity index (χ4n) is 4.72. The van der Waals surface area contributed by atoms with E-state index >= 15 is 0 Å². The van der Waals surface area contributed by atoms with Crippen LogP contribution in [0.2, 0.25) is 5.02 Å². The molecule has 0 saturated carbocycles. The van der Waals surface area contributed by atoms with Gasteiger partial charge in [-0.05, 0) is 75.1 Å². The number of unbranched alkanes of at least 4 members (excludes halogenated alkanes) is 1. The van der Waals surface area contributed by atoms with Gasteiger partial charge in [0.2, 0.25) is 23.6 Å². The Bertz CT molecular complexity index is 1570. The molecule has 4 N–H and O–H groups in total. The van der Waals surface area contributed by atoms with E-state index in [2.05, 4.69) is 40.5 Å². The molecule has 3 aromatic rings. The number of halogens is 1. The van der Waals surface area contributed by atoms with Crippen molar-refractivity contribution in [1.29, 1.82) is 0 Å². The molecule has 0 saturated heterocycles. The van der Waals surface area contributed by atoms with Crippen molar-refractivity contribution in [1.82, 2.24) is 25.8 Å². The Morgan fingerprint density at radius 1 is 0.800 bits per heavy atom. The largest absolute Gasteiger partial charge is 0.356 e. The van der Waals surface area contributed by atoms with Crippen LogP contribution in [-0.4, -0.2) is 66.0 Å². The number of carbonyl (C=O) groups excluding carboxylic acids is 5. The first-order chi connectivity index (χ1) is 21.5. The summed E-state index contributed by atoms with van der Waals surface area (Å²) in [4.78, 5) is 61.6. The van der Waals surface area contributed by atoms with Crippen LogP contribution in [0.4, 0.5) is 0 Å². The molecule has 0 fully saturated rings. The van der Waals surface area contributed by atoms with Crippen LogP contribution in [0, 0.1) is 13.8 Å². The molecule has 0 spiro atoms. The fourth-order valence-corrected chi connectivity index (χ4v) is 4.96. The lowest BCUT2D eigenvalue weighted by molar-refractivity contribution is -0.126. The third-order valence-electron chi connectivity index (χ3n) is 7.20. The van der Waals surface area contributed by atoms with Gasteiger partial charge in [-0.25, -0.2) is 0 Å². The Hall–Kier alpha value is -4.09. The number of benzene rings is 2. The van der Waals surface area contributed by atoms with Gasteiger partial charge in [0, 0.05) is 47.7 Å². The normalized spacial score (nSPS) is 10.8. The molecule has 45 heavy (non-hydrogen) atoms. The van der Waals surface area contributed by atoms with Crippen LogP contribution in [0.25, 0.3) is 10.9 Å². The van der Waals surface area contributed by atoms with E-state index in [0.717, 1.165) is 22.0 Å². The van der Waals surface area contributed by atoms with Gasteiger partial charge >= 0.3 is 0 Å². The first-order valence-corrected chi connectivity index (χ1v) is 15.8. The molecule has 2 aromatic carbocycles. The Labute approximate surface area is 273 Å². The maximum atomic E-state index is 13.4. The van der Waals surface area contributed by atoms with Gasteiger partial charge in [0.15, 0.2) is 0 Å². The average Bonchev–Trinajstić information content (AvgIpc) is 3.28. The summed E-state index contributed by atoms with van der Waals surface area (Å²) < 4.78 is 1.65. The van der Waals surface area contributed by atoms with Crippen molar-refractivity contribution in [3.63, 3.8) is 0 Å². The number of nitrogens with one attached hydrogen (secondary N) is 4. The minimum Gasteiger partial charge on any atom is -0.356 e. The second kappa shape index (κ2) is 17.4. The lowest BCUT2D eigenvalue weighted by Crippen LogP contribution is -2.37. The Morgan fingerprint density at radius 2 is 1.44 bits per heavy atom. The van der Waals surface area contributed by atoms with E-state index in [1.54, 1.807) is 28.8 Å². The Morgan fingerprint density at radius 3 is 2.11 bits per heavy atom. The third-order valence-corrected chi connectivity index (χ3v) is 7.74. The summed E-state index contributed by atoms with van der Waals surface area (Å²) in [6, 6.07) is 12.6. The van der Waals surface area contributed by atoms with Gasteiger partial charge < -0.3 is 21.3 Å². The molecule has 0 unspecified atom stereocenters. The molecule has 1 heterocycles. The molecule has 12 heteroatoms. The van der Waals surface area contributed by atoms with Gasteiger partial charge in [-0.3, -0.25) is 28.5 Å². The summed E-state index contributed by atoms with van der Waals surface area (Å²) in [6.07, 6.45) is 1.99. The molecule has 0 aliphatic heterocycles. The van der Waals surface area contributed by atoms with Gasteiger partial charge in [-0.1, -0.05) is 35.4 Å². The van der Waals surface area contributed by atoms with E-state index in [9.17, 15) is 24.0 Å². The first-order valence-electron chi connectivity index (χ1n) is 14.7. The smallest absolute Gasteiger partial charge is 0.262 e. The molecule has 0 radical (unpaired) electrons. The maximum absolute atomic E-state index is 13.4. The summed E-state index contributed by atoms with van der Waals surface area (Å²) in [6.45, 7) is 8.63. The van der Waals surface area contributed by atoms with E-state index in [1.807, 2.05) is 32.0 Å². The standard InChI is InChI=1S/C33H40ClN5O5S/c1-21-6-12-28-27(16-21)26(23(3)39(28)33(44)24-8-10-25(34)11-9-24)17-30(41)35-14-4-5-15-36-31(42)19-38-29(40)13-7-22(2)18-37-32(43)20-45/h6,8-12,16,45H,2,4-5,7,13-15,17-20H2,1,3H3,(H,35,41)(H,36,42)(H,37,43)(H,38,40).